The lowest BCUT2D eigenvalue weighted by Crippen LogP contribution is -2.24. The van der Waals surface area contributed by atoms with Gasteiger partial charge in [-0.25, -0.2) is 0 Å². The predicted molar refractivity (Wildman–Crippen MR) is 64.8 cm³/mol. The molecule has 88 valence electrons. The second-order valence-electron chi connectivity index (χ2n) is 4.11. The molecule has 1 aromatic heterocycles. The molecule has 3 nitrogen and oxygen atoms in total. The number of hydrogen-bond acceptors (Lipinski definition) is 3. The summed E-state index contributed by atoms with van der Waals surface area (Å²) in [6.07, 6.45) is 3.55. The average molecular weight is 239 g/mol. The number of amides is 1. The van der Waals surface area contributed by atoms with E-state index >= 15 is 0 Å². The Balaban J connectivity index is 1.49. The number of carbonyl (C=O) groups is 1. The summed E-state index contributed by atoms with van der Waals surface area (Å²) in [6, 6.07) is 3.72. The van der Waals surface area contributed by atoms with Crippen molar-refractivity contribution < 1.29 is 9.53 Å². The maximum absolute atomic E-state index is 11.5. The highest BCUT2D eigenvalue weighted by molar-refractivity contribution is 7.12. The molecule has 0 aliphatic heterocycles. The van der Waals surface area contributed by atoms with Gasteiger partial charge in [-0.15, -0.1) is 11.3 Å². The summed E-state index contributed by atoms with van der Waals surface area (Å²) in [7, 11) is 0. The summed E-state index contributed by atoms with van der Waals surface area (Å²) in [4.78, 5) is 12.3. The van der Waals surface area contributed by atoms with Crippen LogP contribution >= 0.6 is 11.3 Å². The SMILES string of the molecule is O=C(NCCCOCC1CC1)c1cccs1. The normalized spacial score (nSPS) is 15.0. The Morgan fingerprint density at radius 3 is 3.12 bits per heavy atom. The van der Waals surface area contributed by atoms with Crippen molar-refractivity contribution in [3.05, 3.63) is 22.4 Å². The van der Waals surface area contributed by atoms with Crippen LogP contribution in [0.25, 0.3) is 0 Å². The second-order valence-corrected chi connectivity index (χ2v) is 5.05. The molecule has 1 aromatic rings. The summed E-state index contributed by atoms with van der Waals surface area (Å²) in [5.41, 5.74) is 0. The van der Waals surface area contributed by atoms with Gasteiger partial charge in [0, 0.05) is 19.8 Å². The van der Waals surface area contributed by atoms with Gasteiger partial charge in [0.15, 0.2) is 0 Å². The monoisotopic (exact) mass is 239 g/mol. The number of thiophene rings is 1. The van der Waals surface area contributed by atoms with Gasteiger partial charge in [0.05, 0.1) is 4.88 Å². The summed E-state index contributed by atoms with van der Waals surface area (Å²) >= 11 is 1.47. The minimum Gasteiger partial charge on any atom is -0.381 e. The molecule has 1 saturated carbocycles. The molecule has 1 aliphatic rings. The van der Waals surface area contributed by atoms with E-state index in [-0.39, 0.29) is 5.91 Å². The van der Waals surface area contributed by atoms with Crippen molar-refractivity contribution in [2.45, 2.75) is 19.3 Å². The Morgan fingerprint density at radius 1 is 1.56 bits per heavy atom. The highest BCUT2D eigenvalue weighted by atomic mass is 32.1. The Bertz CT molecular complexity index is 320. The number of ether oxygens (including phenoxy) is 1. The molecule has 0 aromatic carbocycles. The number of nitrogens with one attached hydrogen (secondary N) is 1. The van der Waals surface area contributed by atoms with Crippen LogP contribution in [0, 0.1) is 5.92 Å². The van der Waals surface area contributed by atoms with Gasteiger partial charge in [-0.3, -0.25) is 4.79 Å². The van der Waals surface area contributed by atoms with E-state index in [1.165, 1.54) is 24.2 Å². The third-order valence-corrected chi connectivity index (χ3v) is 3.42. The van der Waals surface area contributed by atoms with Crippen LogP contribution in [0.4, 0.5) is 0 Å². The van der Waals surface area contributed by atoms with E-state index in [9.17, 15) is 4.79 Å². The quantitative estimate of drug-likeness (QED) is 0.741. The molecule has 0 unspecified atom stereocenters. The standard InChI is InChI=1S/C12H17NO2S/c14-12(11-3-1-8-16-11)13-6-2-7-15-9-10-4-5-10/h1,3,8,10H,2,4-7,9H2,(H,13,14). The van der Waals surface area contributed by atoms with Crippen molar-refractivity contribution in [1.82, 2.24) is 5.32 Å². The van der Waals surface area contributed by atoms with Gasteiger partial charge in [0.25, 0.3) is 5.91 Å². The van der Waals surface area contributed by atoms with E-state index in [1.807, 2.05) is 17.5 Å². The van der Waals surface area contributed by atoms with Crippen LogP contribution in [0.3, 0.4) is 0 Å². The zero-order chi connectivity index (χ0) is 11.2. The fraction of sp³-hybridized carbons (Fsp3) is 0.583. The van der Waals surface area contributed by atoms with Crippen molar-refractivity contribution in [3.8, 4) is 0 Å². The molecule has 0 saturated heterocycles. The molecule has 1 amide bonds. The Morgan fingerprint density at radius 2 is 2.44 bits per heavy atom. The summed E-state index contributed by atoms with van der Waals surface area (Å²) in [5.74, 6) is 0.845. The molecule has 1 heterocycles. The number of carbonyl (C=O) groups excluding carboxylic acids is 1. The van der Waals surface area contributed by atoms with Crippen molar-refractivity contribution in [2.24, 2.45) is 5.92 Å². The highest BCUT2D eigenvalue weighted by Crippen LogP contribution is 2.28. The van der Waals surface area contributed by atoms with Crippen molar-refractivity contribution >= 4 is 17.2 Å². The van der Waals surface area contributed by atoms with Gasteiger partial charge in [-0.1, -0.05) is 6.07 Å². The van der Waals surface area contributed by atoms with Gasteiger partial charge >= 0.3 is 0 Å². The van der Waals surface area contributed by atoms with Gasteiger partial charge in [0.1, 0.15) is 0 Å². The fourth-order valence-electron chi connectivity index (χ4n) is 1.41. The Labute approximate surface area is 99.8 Å². The first-order chi connectivity index (χ1) is 7.86. The van der Waals surface area contributed by atoms with Crippen molar-refractivity contribution in [1.29, 1.82) is 0 Å². The van der Waals surface area contributed by atoms with Gasteiger partial charge in [-0.2, -0.15) is 0 Å². The van der Waals surface area contributed by atoms with E-state index in [0.29, 0.717) is 6.54 Å². The third-order valence-electron chi connectivity index (χ3n) is 2.55. The average Bonchev–Trinajstić information content (AvgIpc) is 2.95. The molecule has 2 rings (SSSR count). The summed E-state index contributed by atoms with van der Waals surface area (Å²) < 4.78 is 5.48. The minimum atomic E-state index is 0.0252. The van der Waals surface area contributed by atoms with E-state index in [2.05, 4.69) is 5.32 Å². The van der Waals surface area contributed by atoms with Crippen molar-refractivity contribution in [2.75, 3.05) is 19.8 Å². The van der Waals surface area contributed by atoms with Crippen LogP contribution in [-0.2, 0) is 4.74 Å². The zero-order valence-corrected chi connectivity index (χ0v) is 10.1. The van der Waals surface area contributed by atoms with E-state index < -0.39 is 0 Å². The number of hydrogen-bond donors (Lipinski definition) is 1. The lowest BCUT2D eigenvalue weighted by molar-refractivity contribution is 0.0941. The maximum atomic E-state index is 11.5. The zero-order valence-electron chi connectivity index (χ0n) is 9.28. The first-order valence-corrected chi connectivity index (χ1v) is 6.63. The predicted octanol–water partition coefficient (Wildman–Crippen LogP) is 2.29. The van der Waals surface area contributed by atoms with Crippen LogP contribution in [0.15, 0.2) is 17.5 Å². The molecule has 1 aliphatic carbocycles. The largest absolute Gasteiger partial charge is 0.381 e. The molecular formula is C12H17NO2S. The number of rotatable bonds is 7. The maximum Gasteiger partial charge on any atom is 0.261 e. The van der Waals surface area contributed by atoms with E-state index in [0.717, 1.165) is 30.4 Å². The van der Waals surface area contributed by atoms with Crippen molar-refractivity contribution in [3.63, 3.8) is 0 Å². The Hall–Kier alpha value is -0.870. The summed E-state index contributed by atoms with van der Waals surface area (Å²) in [5, 5.41) is 4.79. The third kappa shape index (κ3) is 3.94. The molecule has 0 atom stereocenters. The lowest BCUT2D eigenvalue weighted by Gasteiger charge is -2.04. The van der Waals surface area contributed by atoms with Gasteiger partial charge in [0.2, 0.25) is 0 Å². The first kappa shape index (κ1) is 11.6. The van der Waals surface area contributed by atoms with Crippen LogP contribution in [0.2, 0.25) is 0 Å². The van der Waals surface area contributed by atoms with E-state index in [1.54, 1.807) is 0 Å². The molecule has 1 fully saturated rings. The minimum absolute atomic E-state index is 0.0252. The molecule has 0 radical (unpaired) electrons. The van der Waals surface area contributed by atoms with Crippen LogP contribution in [-0.4, -0.2) is 25.7 Å². The lowest BCUT2D eigenvalue weighted by atomic mass is 10.4. The highest BCUT2D eigenvalue weighted by Gasteiger charge is 2.20. The smallest absolute Gasteiger partial charge is 0.261 e. The van der Waals surface area contributed by atoms with Crippen LogP contribution in [0.5, 0.6) is 0 Å². The first-order valence-electron chi connectivity index (χ1n) is 5.75. The van der Waals surface area contributed by atoms with Crippen LogP contribution < -0.4 is 5.32 Å². The molecule has 1 N–H and O–H groups in total. The van der Waals surface area contributed by atoms with E-state index in [4.69, 9.17) is 4.74 Å². The molecule has 0 bridgehead atoms. The molecule has 0 spiro atoms. The van der Waals surface area contributed by atoms with Crippen LogP contribution in [0.1, 0.15) is 28.9 Å². The van der Waals surface area contributed by atoms with Gasteiger partial charge < -0.3 is 10.1 Å². The topological polar surface area (TPSA) is 38.3 Å². The Kier molecular flexibility index (Phi) is 4.36. The molecule has 16 heavy (non-hydrogen) atoms. The molecular weight excluding hydrogens is 222 g/mol. The second kappa shape index (κ2) is 6.01. The summed E-state index contributed by atoms with van der Waals surface area (Å²) in [6.45, 7) is 2.35. The fourth-order valence-corrected chi connectivity index (χ4v) is 2.05. The van der Waals surface area contributed by atoms with Gasteiger partial charge in [-0.05, 0) is 36.6 Å². The molecule has 4 heteroatoms.